The summed E-state index contributed by atoms with van der Waals surface area (Å²) < 4.78 is 8.27. The van der Waals surface area contributed by atoms with Crippen LogP contribution in [-0.4, -0.2) is 4.98 Å². The molecule has 0 saturated carbocycles. The van der Waals surface area contributed by atoms with Gasteiger partial charge >= 0.3 is 0 Å². The van der Waals surface area contributed by atoms with Gasteiger partial charge in [-0.2, -0.15) is 0 Å². The number of nitrogens with zero attached hydrogens (tertiary/aromatic N) is 1. The molecule has 0 N–H and O–H groups in total. The summed E-state index contributed by atoms with van der Waals surface area (Å²) in [7, 11) is 0. The highest BCUT2D eigenvalue weighted by Crippen LogP contribution is 2.44. The summed E-state index contributed by atoms with van der Waals surface area (Å²) in [6, 6.07) is 20.9. The fraction of sp³-hybridized carbons (Fsp3) is 0.0417. The lowest BCUT2D eigenvalue weighted by Crippen LogP contribution is -1.86. The molecule has 0 amide bonds. The van der Waals surface area contributed by atoms with Crippen molar-refractivity contribution in [2.24, 2.45) is 0 Å². The Morgan fingerprint density at radius 2 is 1.71 bits per heavy atom. The molecular formula is C24H14ClNOS. The van der Waals surface area contributed by atoms with Gasteiger partial charge in [0.05, 0.1) is 14.7 Å². The molecule has 0 aliphatic rings. The number of aryl methyl sites for hydroxylation is 1. The van der Waals surface area contributed by atoms with Crippen LogP contribution >= 0.6 is 22.9 Å². The predicted octanol–water partition coefficient (Wildman–Crippen LogP) is 7.98. The van der Waals surface area contributed by atoms with Crippen LogP contribution in [0, 0.1) is 6.92 Å². The zero-order valence-electron chi connectivity index (χ0n) is 15.0. The molecule has 28 heavy (non-hydrogen) atoms. The van der Waals surface area contributed by atoms with Crippen LogP contribution in [0.25, 0.3) is 54.1 Å². The molecule has 0 unspecified atom stereocenters. The SMILES string of the molecule is Cc1c(Cl)sc2c(-c3cc4ccccc4c4c3oc3ccccc34)nccc12. The number of halogens is 1. The van der Waals surface area contributed by atoms with E-state index >= 15 is 0 Å². The number of aromatic nitrogens is 1. The summed E-state index contributed by atoms with van der Waals surface area (Å²) in [4.78, 5) is 4.75. The summed E-state index contributed by atoms with van der Waals surface area (Å²) >= 11 is 8.04. The van der Waals surface area contributed by atoms with E-state index in [1.165, 1.54) is 10.8 Å². The Morgan fingerprint density at radius 3 is 2.61 bits per heavy atom. The van der Waals surface area contributed by atoms with Crippen molar-refractivity contribution in [1.82, 2.24) is 4.98 Å². The van der Waals surface area contributed by atoms with Crippen LogP contribution in [-0.2, 0) is 0 Å². The Balaban J connectivity index is 1.85. The lowest BCUT2D eigenvalue weighted by atomic mass is 9.98. The molecule has 0 aliphatic carbocycles. The highest BCUT2D eigenvalue weighted by molar-refractivity contribution is 7.23. The average molecular weight is 400 g/mol. The lowest BCUT2D eigenvalue weighted by molar-refractivity contribution is 0.670. The van der Waals surface area contributed by atoms with Crippen molar-refractivity contribution in [3.8, 4) is 11.3 Å². The maximum atomic E-state index is 6.46. The molecule has 3 aromatic heterocycles. The molecule has 0 radical (unpaired) electrons. The van der Waals surface area contributed by atoms with Crippen LogP contribution in [0.1, 0.15) is 5.56 Å². The van der Waals surface area contributed by atoms with Crippen molar-refractivity contribution < 1.29 is 4.42 Å². The van der Waals surface area contributed by atoms with E-state index in [-0.39, 0.29) is 0 Å². The minimum Gasteiger partial charge on any atom is -0.455 e. The van der Waals surface area contributed by atoms with Gasteiger partial charge in [-0.25, -0.2) is 0 Å². The quantitative estimate of drug-likeness (QED) is 0.280. The number of benzene rings is 3. The van der Waals surface area contributed by atoms with E-state index in [9.17, 15) is 0 Å². The zero-order valence-corrected chi connectivity index (χ0v) is 16.6. The van der Waals surface area contributed by atoms with Crippen molar-refractivity contribution in [3.63, 3.8) is 0 Å². The monoisotopic (exact) mass is 399 g/mol. The number of thiophene rings is 1. The first-order valence-corrected chi connectivity index (χ1v) is 10.3. The third-order valence-corrected chi connectivity index (χ3v) is 7.04. The van der Waals surface area contributed by atoms with Crippen LogP contribution in [0.5, 0.6) is 0 Å². The second-order valence-electron chi connectivity index (χ2n) is 6.98. The van der Waals surface area contributed by atoms with Crippen molar-refractivity contribution >= 4 is 65.7 Å². The minimum atomic E-state index is 0.811. The molecular weight excluding hydrogens is 386 g/mol. The van der Waals surface area contributed by atoms with Gasteiger partial charge in [-0.1, -0.05) is 54.1 Å². The number of furan rings is 1. The van der Waals surface area contributed by atoms with Crippen LogP contribution in [0.3, 0.4) is 0 Å². The topological polar surface area (TPSA) is 26.0 Å². The van der Waals surface area contributed by atoms with Gasteiger partial charge in [-0.3, -0.25) is 4.98 Å². The highest BCUT2D eigenvalue weighted by Gasteiger charge is 2.20. The van der Waals surface area contributed by atoms with Crippen LogP contribution in [0.2, 0.25) is 4.34 Å². The number of pyridine rings is 1. The molecule has 0 spiro atoms. The van der Waals surface area contributed by atoms with E-state index in [4.69, 9.17) is 21.0 Å². The summed E-state index contributed by atoms with van der Waals surface area (Å²) in [6.45, 7) is 2.06. The second kappa shape index (κ2) is 5.81. The molecule has 6 aromatic rings. The summed E-state index contributed by atoms with van der Waals surface area (Å²) in [6.07, 6.45) is 1.86. The number of rotatable bonds is 1. The zero-order chi connectivity index (χ0) is 18.8. The van der Waals surface area contributed by atoms with E-state index in [1.54, 1.807) is 11.3 Å². The molecule has 2 nitrogen and oxygen atoms in total. The van der Waals surface area contributed by atoms with Gasteiger partial charge in [0.25, 0.3) is 0 Å². The van der Waals surface area contributed by atoms with Gasteiger partial charge in [-0.05, 0) is 41.5 Å². The summed E-state index contributed by atoms with van der Waals surface area (Å²) in [5.41, 5.74) is 4.80. The number of fused-ring (bicyclic) bond motifs is 6. The largest absolute Gasteiger partial charge is 0.455 e. The standard InChI is InChI=1S/C24H14ClNOS/c1-13-15-10-11-26-21(23(15)28-24(13)25)18-12-14-6-2-3-7-16(14)20-17-8-4-5-9-19(17)27-22(18)20/h2-12H,1H3. The third kappa shape index (κ3) is 2.12. The molecule has 0 saturated heterocycles. The summed E-state index contributed by atoms with van der Waals surface area (Å²) in [5, 5.41) is 5.79. The lowest BCUT2D eigenvalue weighted by Gasteiger charge is -2.07. The van der Waals surface area contributed by atoms with Crippen molar-refractivity contribution in [1.29, 1.82) is 0 Å². The fourth-order valence-electron chi connectivity index (χ4n) is 4.06. The first-order chi connectivity index (χ1) is 13.7. The van der Waals surface area contributed by atoms with Gasteiger partial charge in [0, 0.05) is 27.9 Å². The molecule has 0 aliphatic heterocycles. The molecule has 4 heteroatoms. The van der Waals surface area contributed by atoms with E-state index in [0.717, 1.165) is 53.2 Å². The Morgan fingerprint density at radius 1 is 0.929 bits per heavy atom. The molecule has 0 atom stereocenters. The second-order valence-corrected chi connectivity index (χ2v) is 8.61. The number of hydrogen-bond acceptors (Lipinski definition) is 3. The normalized spacial score (nSPS) is 11.9. The maximum Gasteiger partial charge on any atom is 0.145 e. The Hall–Kier alpha value is -2.88. The van der Waals surface area contributed by atoms with Gasteiger partial charge in [0.2, 0.25) is 0 Å². The molecule has 3 heterocycles. The highest BCUT2D eigenvalue weighted by atomic mass is 35.5. The maximum absolute atomic E-state index is 6.46. The average Bonchev–Trinajstić information content (AvgIpc) is 3.26. The molecule has 3 aromatic carbocycles. The van der Waals surface area contributed by atoms with Crippen LogP contribution in [0.15, 0.2) is 71.3 Å². The third-order valence-electron chi connectivity index (χ3n) is 5.42. The Kier molecular flexibility index (Phi) is 3.34. The Labute approximate surface area is 170 Å². The molecule has 0 fully saturated rings. The first kappa shape index (κ1) is 16.1. The number of para-hydroxylation sites is 1. The fourth-order valence-corrected chi connectivity index (χ4v) is 5.43. The first-order valence-electron chi connectivity index (χ1n) is 9.09. The van der Waals surface area contributed by atoms with Gasteiger partial charge in [-0.15, -0.1) is 11.3 Å². The smallest absolute Gasteiger partial charge is 0.145 e. The Bertz CT molecular complexity index is 1540. The van der Waals surface area contributed by atoms with E-state index in [2.05, 4.69) is 49.4 Å². The van der Waals surface area contributed by atoms with Gasteiger partial charge in [0.15, 0.2) is 0 Å². The predicted molar refractivity (Wildman–Crippen MR) is 120 cm³/mol. The van der Waals surface area contributed by atoms with Crippen LogP contribution in [0.4, 0.5) is 0 Å². The van der Waals surface area contributed by atoms with E-state index < -0.39 is 0 Å². The van der Waals surface area contributed by atoms with Crippen molar-refractivity contribution in [3.05, 3.63) is 76.8 Å². The molecule has 134 valence electrons. The van der Waals surface area contributed by atoms with Gasteiger partial charge < -0.3 is 4.42 Å². The summed E-state index contributed by atoms with van der Waals surface area (Å²) in [5.74, 6) is 0. The van der Waals surface area contributed by atoms with Gasteiger partial charge in [0.1, 0.15) is 11.2 Å². The molecule has 0 bridgehead atoms. The van der Waals surface area contributed by atoms with Crippen LogP contribution < -0.4 is 0 Å². The number of hydrogen-bond donors (Lipinski definition) is 0. The van der Waals surface area contributed by atoms with E-state index in [1.807, 2.05) is 24.4 Å². The van der Waals surface area contributed by atoms with Crippen molar-refractivity contribution in [2.45, 2.75) is 6.92 Å². The van der Waals surface area contributed by atoms with E-state index in [0.29, 0.717) is 0 Å². The molecule has 6 rings (SSSR count). The minimum absolute atomic E-state index is 0.811. The van der Waals surface area contributed by atoms with Crippen molar-refractivity contribution in [2.75, 3.05) is 0 Å².